The Morgan fingerprint density at radius 3 is 2.52 bits per heavy atom. The van der Waals surface area contributed by atoms with Crippen molar-refractivity contribution in [1.29, 1.82) is 0 Å². The number of aromatic nitrogens is 2. The van der Waals surface area contributed by atoms with Crippen LogP contribution in [0, 0.1) is 5.92 Å². The van der Waals surface area contributed by atoms with Crippen LogP contribution in [-0.2, 0) is 12.7 Å². The van der Waals surface area contributed by atoms with Crippen LogP contribution in [-0.4, -0.2) is 15.6 Å². The molecule has 6 heteroatoms. The van der Waals surface area contributed by atoms with E-state index >= 15 is 0 Å². The molecule has 1 aromatic heterocycles. The SMILES string of the molecule is C[C@@H](Nc1cncn1Cc1ccc(C(F)(F)F)cc1)C1CCC1. The Morgan fingerprint density at radius 1 is 1.26 bits per heavy atom. The van der Waals surface area contributed by atoms with Crippen LogP contribution in [0.25, 0.3) is 0 Å². The summed E-state index contributed by atoms with van der Waals surface area (Å²) in [5.41, 5.74) is 0.194. The van der Waals surface area contributed by atoms with Gasteiger partial charge in [-0.3, -0.25) is 0 Å². The molecule has 0 saturated heterocycles. The summed E-state index contributed by atoms with van der Waals surface area (Å²) in [7, 11) is 0. The van der Waals surface area contributed by atoms with Crippen LogP contribution in [0.2, 0.25) is 0 Å². The van der Waals surface area contributed by atoms with Crippen molar-refractivity contribution in [3.05, 3.63) is 47.9 Å². The molecule has 1 fully saturated rings. The Labute approximate surface area is 133 Å². The molecule has 3 rings (SSSR count). The van der Waals surface area contributed by atoms with Crippen LogP contribution in [0.1, 0.15) is 37.3 Å². The molecule has 1 N–H and O–H groups in total. The van der Waals surface area contributed by atoms with Crippen molar-refractivity contribution >= 4 is 5.82 Å². The minimum absolute atomic E-state index is 0.381. The van der Waals surface area contributed by atoms with Gasteiger partial charge in [0.1, 0.15) is 5.82 Å². The maximum absolute atomic E-state index is 12.6. The molecule has 0 aliphatic heterocycles. The summed E-state index contributed by atoms with van der Waals surface area (Å²) in [6, 6.07) is 5.66. The maximum atomic E-state index is 12.6. The molecule has 0 amide bonds. The van der Waals surface area contributed by atoms with E-state index in [4.69, 9.17) is 0 Å². The first-order chi connectivity index (χ1) is 10.9. The predicted octanol–water partition coefficient (Wildman–Crippen LogP) is 4.55. The summed E-state index contributed by atoms with van der Waals surface area (Å²) < 4.78 is 39.7. The minimum Gasteiger partial charge on any atom is -0.367 e. The van der Waals surface area contributed by atoms with Gasteiger partial charge in [0.05, 0.1) is 24.6 Å². The molecule has 0 unspecified atom stereocenters. The van der Waals surface area contributed by atoms with E-state index in [2.05, 4.69) is 17.2 Å². The quantitative estimate of drug-likeness (QED) is 0.875. The highest BCUT2D eigenvalue weighted by molar-refractivity contribution is 5.36. The number of benzene rings is 1. The Hall–Kier alpha value is -1.98. The summed E-state index contributed by atoms with van der Waals surface area (Å²) in [6.45, 7) is 2.66. The van der Waals surface area contributed by atoms with Gasteiger partial charge in [0.15, 0.2) is 0 Å². The predicted molar refractivity (Wildman–Crippen MR) is 83.2 cm³/mol. The standard InChI is InChI=1S/C17H20F3N3/c1-12(14-3-2-4-14)22-16-9-21-11-23(16)10-13-5-7-15(8-6-13)17(18,19)20/h5-9,11-12,14,22H,2-4,10H2,1H3/t12-/m1/s1. The molecule has 1 atom stereocenters. The number of imidazole rings is 1. The van der Waals surface area contributed by atoms with Gasteiger partial charge in [-0.1, -0.05) is 18.6 Å². The number of alkyl halides is 3. The Balaban J connectivity index is 1.67. The fourth-order valence-electron chi connectivity index (χ4n) is 2.85. The van der Waals surface area contributed by atoms with E-state index in [0.29, 0.717) is 18.5 Å². The molecule has 3 nitrogen and oxygen atoms in total. The smallest absolute Gasteiger partial charge is 0.367 e. The van der Waals surface area contributed by atoms with Gasteiger partial charge in [0, 0.05) is 6.04 Å². The summed E-state index contributed by atoms with van der Waals surface area (Å²) >= 11 is 0. The Bertz CT molecular complexity index is 642. The van der Waals surface area contributed by atoms with E-state index < -0.39 is 11.7 Å². The van der Waals surface area contributed by atoms with Crippen LogP contribution in [0.5, 0.6) is 0 Å². The fraction of sp³-hybridized carbons (Fsp3) is 0.471. The lowest BCUT2D eigenvalue weighted by Gasteiger charge is -2.32. The zero-order valence-corrected chi connectivity index (χ0v) is 13.0. The first kappa shape index (κ1) is 15.9. The van der Waals surface area contributed by atoms with E-state index in [1.807, 2.05) is 4.57 Å². The van der Waals surface area contributed by atoms with Crippen LogP contribution in [0.3, 0.4) is 0 Å². The molecular formula is C17H20F3N3. The molecule has 1 aliphatic rings. The second-order valence-corrected chi connectivity index (χ2v) is 6.23. The number of anilines is 1. The van der Waals surface area contributed by atoms with Crippen molar-refractivity contribution in [2.24, 2.45) is 5.92 Å². The number of hydrogen-bond donors (Lipinski definition) is 1. The van der Waals surface area contributed by atoms with Gasteiger partial charge < -0.3 is 9.88 Å². The first-order valence-corrected chi connectivity index (χ1v) is 7.86. The molecule has 1 saturated carbocycles. The van der Waals surface area contributed by atoms with Crippen molar-refractivity contribution in [2.75, 3.05) is 5.32 Å². The van der Waals surface area contributed by atoms with Gasteiger partial charge in [0.25, 0.3) is 0 Å². The lowest BCUT2D eigenvalue weighted by molar-refractivity contribution is -0.137. The second-order valence-electron chi connectivity index (χ2n) is 6.23. The molecule has 124 valence electrons. The van der Waals surface area contributed by atoms with Gasteiger partial charge >= 0.3 is 6.18 Å². The minimum atomic E-state index is -4.29. The largest absolute Gasteiger partial charge is 0.416 e. The van der Waals surface area contributed by atoms with Crippen molar-refractivity contribution in [2.45, 2.75) is 44.9 Å². The van der Waals surface area contributed by atoms with E-state index in [9.17, 15) is 13.2 Å². The van der Waals surface area contributed by atoms with Crippen molar-refractivity contribution in [3.63, 3.8) is 0 Å². The normalized spacial score (nSPS) is 16.9. The summed E-state index contributed by atoms with van der Waals surface area (Å²) in [6.07, 6.45) is 2.97. The fourth-order valence-corrected chi connectivity index (χ4v) is 2.85. The van der Waals surface area contributed by atoms with Gasteiger partial charge in [0.2, 0.25) is 0 Å². The highest BCUT2D eigenvalue weighted by Crippen LogP contribution is 2.31. The second kappa shape index (κ2) is 6.26. The Morgan fingerprint density at radius 2 is 1.96 bits per heavy atom. The van der Waals surface area contributed by atoms with Crippen molar-refractivity contribution in [3.8, 4) is 0 Å². The third kappa shape index (κ3) is 3.68. The topological polar surface area (TPSA) is 29.9 Å². The monoisotopic (exact) mass is 323 g/mol. The molecule has 2 aromatic rings. The number of nitrogens with zero attached hydrogens (tertiary/aromatic N) is 2. The average Bonchev–Trinajstić information content (AvgIpc) is 2.83. The van der Waals surface area contributed by atoms with E-state index in [1.165, 1.54) is 31.4 Å². The Kier molecular flexibility index (Phi) is 4.33. The average molecular weight is 323 g/mol. The third-order valence-corrected chi connectivity index (χ3v) is 4.58. The summed E-state index contributed by atoms with van der Waals surface area (Å²) in [5, 5.41) is 3.47. The number of halogens is 3. The molecule has 1 aromatic carbocycles. The molecule has 1 heterocycles. The molecule has 1 aliphatic carbocycles. The van der Waals surface area contributed by atoms with Crippen molar-refractivity contribution in [1.82, 2.24) is 9.55 Å². The number of nitrogens with one attached hydrogen (secondary N) is 1. The van der Waals surface area contributed by atoms with Crippen molar-refractivity contribution < 1.29 is 13.2 Å². The van der Waals surface area contributed by atoms with Gasteiger partial charge in [-0.15, -0.1) is 0 Å². The zero-order chi connectivity index (χ0) is 16.4. The van der Waals surface area contributed by atoms with Gasteiger partial charge in [-0.25, -0.2) is 4.98 Å². The highest BCUT2D eigenvalue weighted by Gasteiger charge is 2.30. The third-order valence-electron chi connectivity index (χ3n) is 4.58. The molecule has 0 radical (unpaired) electrons. The van der Waals surface area contributed by atoms with Crippen LogP contribution in [0.15, 0.2) is 36.8 Å². The summed E-state index contributed by atoms with van der Waals surface area (Å²) in [5.74, 6) is 1.61. The van der Waals surface area contributed by atoms with Gasteiger partial charge in [-0.2, -0.15) is 13.2 Å². The number of hydrogen-bond acceptors (Lipinski definition) is 2. The maximum Gasteiger partial charge on any atom is 0.416 e. The van der Waals surface area contributed by atoms with Crippen LogP contribution in [0.4, 0.5) is 19.0 Å². The van der Waals surface area contributed by atoms with Gasteiger partial charge in [-0.05, 0) is 43.4 Å². The van der Waals surface area contributed by atoms with E-state index in [1.54, 1.807) is 12.5 Å². The van der Waals surface area contributed by atoms with E-state index in [-0.39, 0.29) is 0 Å². The number of rotatable bonds is 5. The summed E-state index contributed by atoms with van der Waals surface area (Å²) in [4.78, 5) is 4.15. The molecule has 0 bridgehead atoms. The lowest BCUT2D eigenvalue weighted by Crippen LogP contribution is -2.31. The first-order valence-electron chi connectivity index (χ1n) is 7.86. The lowest BCUT2D eigenvalue weighted by atomic mass is 9.80. The molecule has 23 heavy (non-hydrogen) atoms. The van der Waals surface area contributed by atoms with Crippen LogP contribution < -0.4 is 5.32 Å². The molecular weight excluding hydrogens is 303 g/mol. The van der Waals surface area contributed by atoms with Crippen LogP contribution >= 0.6 is 0 Å². The van der Waals surface area contributed by atoms with E-state index in [0.717, 1.165) is 23.5 Å². The zero-order valence-electron chi connectivity index (χ0n) is 13.0. The molecule has 0 spiro atoms. The highest BCUT2D eigenvalue weighted by atomic mass is 19.4.